The number of para-hydroxylation sites is 1. The van der Waals surface area contributed by atoms with E-state index in [1.54, 1.807) is 34.9 Å². The van der Waals surface area contributed by atoms with E-state index in [-0.39, 0.29) is 12.6 Å². The van der Waals surface area contributed by atoms with Gasteiger partial charge in [-0.1, -0.05) is 18.2 Å². The van der Waals surface area contributed by atoms with Gasteiger partial charge in [-0.15, -0.1) is 11.3 Å². The van der Waals surface area contributed by atoms with Gasteiger partial charge in [0.25, 0.3) is 0 Å². The maximum absolute atomic E-state index is 12.4. The van der Waals surface area contributed by atoms with Crippen LogP contribution in [0, 0.1) is 0 Å². The van der Waals surface area contributed by atoms with Gasteiger partial charge in [0.1, 0.15) is 11.6 Å². The predicted molar refractivity (Wildman–Crippen MR) is 96.3 cm³/mol. The quantitative estimate of drug-likeness (QED) is 0.496. The number of rotatable bonds is 4. The lowest BCUT2D eigenvalue weighted by molar-refractivity contribution is 0.0470. The summed E-state index contributed by atoms with van der Waals surface area (Å²) in [5.74, 6) is -0.385. The van der Waals surface area contributed by atoms with Crippen molar-refractivity contribution in [3.8, 4) is 10.6 Å². The normalized spacial score (nSPS) is 10.8. The van der Waals surface area contributed by atoms with Crippen LogP contribution >= 0.6 is 22.7 Å². The van der Waals surface area contributed by atoms with E-state index < -0.39 is 0 Å². The third-order valence-electron chi connectivity index (χ3n) is 3.52. The van der Waals surface area contributed by atoms with E-state index >= 15 is 0 Å². The van der Waals surface area contributed by atoms with Crippen LogP contribution in [0.15, 0.2) is 58.7 Å². The first-order valence-electron chi connectivity index (χ1n) is 7.29. The number of esters is 1. The number of thiophene rings is 1. The Morgan fingerprint density at radius 1 is 1.12 bits per heavy atom. The summed E-state index contributed by atoms with van der Waals surface area (Å²) >= 11 is 3.18. The van der Waals surface area contributed by atoms with E-state index in [4.69, 9.17) is 4.74 Å². The maximum Gasteiger partial charge on any atom is 0.340 e. The number of benzene rings is 1. The van der Waals surface area contributed by atoms with Gasteiger partial charge in [0.05, 0.1) is 16.8 Å². The van der Waals surface area contributed by atoms with Crippen molar-refractivity contribution in [1.29, 1.82) is 0 Å². The number of fused-ring (bicyclic) bond motifs is 1. The molecule has 0 unspecified atom stereocenters. The van der Waals surface area contributed by atoms with Gasteiger partial charge in [0, 0.05) is 27.9 Å². The van der Waals surface area contributed by atoms with E-state index in [0.717, 1.165) is 21.7 Å². The molecule has 0 saturated carbocycles. The fraction of sp³-hybridized carbons (Fsp3) is 0.0556. The van der Waals surface area contributed by atoms with Crippen molar-refractivity contribution < 1.29 is 9.53 Å². The van der Waals surface area contributed by atoms with Crippen molar-refractivity contribution in [2.75, 3.05) is 0 Å². The van der Waals surface area contributed by atoms with Crippen LogP contribution in [-0.4, -0.2) is 15.9 Å². The van der Waals surface area contributed by atoms with E-state index in [9.17, 15) is 4.79 Å². The van der Waals surface area contributed by atoms with Crippen molar-refractivity contribution in [2.45, 2.75) is 6.61 Å². The zero-order chi connectivity index (χ0) is 16.4. The Balaban J connectivity index is 1.50. The lowest BCUT2D eigenvalue weighted by Crippen LogP contribution is -2.06. The van der Waals surface area contributed by atoms with Crippen LogP contribution in [0.2, 0.25) is 0 Å². The lowest BCUT2D eigenvalue weighted by Gasteiger charge is -2.05. The summed E-state index contributed by atoms with van der Waals surface area (Å²) in [5.41, 5.74) is 2.98. The topological polar surface area (TPSA) is 52.1 Å². The Hall–Kier alpha value is -2.57. The second kappa shape index (κ2) is 6.51. The Kier molecular flexibility index (Phi) is 4.06. The Morgan fingerprint density at radius 3 is 2.92 bits per heavy atom. The first-order valence-corrected chi connectivity index (χ1v) is 9.11. The fourth-order valence-corrected chi connectivity index (χ4v) is 3.89. The number of ether oxygens (including phenoxy) is 1. The first kappa shape index (κ1) is 15.0. The van der Waals surface area contributed by atoms with Crippen molar-refractivity contribution in [3.63, 3.8) is 0 Å². The molecule has 0 aliphatic carbocycles. The number of aromatic nitrogens is 2. The number of hydrogen-bond donors (Lipinski definition) is 0. The Bertz CT molecular complexity index is 988. The molecule has 0 fully saturated rings. The third-order valence-corrected chi connectivity index (χ3v) is 5.15. The molecule has 4 rings (SSSR count). The molecule has 0 amide bonds. The van der Waals surface area contributed by atoms with Gasteiger partial charge in [-0.25, -0.2) is 9.78 Å². The molecule has 0 saturated heterocycles. The van der Waals surface area contributed by atoms with Crippen LogP contribution < -0.4 is 0 Å². The SMILES string of the molecule is O=C(OCc1csc(-c2ccsc2)n1)c1cccc2cccnc12. The molecule has 4 nitrogen and oxygen atoms in total. The number of pyridine rings is 1. The highest BCUT2D eigenvalue weighted by Gasteiger charge is 2.13. The summed E-state index contributed by atoms with van der Waals surface area (Å²) in [6, 6.07) is 11.3. The van der Waals surface area contributed by atoms with Crippen LogP contribution in [0.5, 0.6) is 0 Å². The predicted octanol–water partition coefficient (Wildman–Crippen LogP) is 4.78. The molecule has 0 atom stereocenters. The summed E-state index contributed by atoms with van der Waals surface area (Å²) in [4.78, 5) is 21.2. The molecule has 3 heterocycles. The minimum absolute atomic E-state index is 0.155. The van der Waals surface area contributed by atoms with E-state index in [1.165, 1.54) is 0 Å². The van der Waals surface area contributed by atoms with Gasteiger partial charge >= 0.3 is 5.97 Å². The van der Waals surface area contributed by atoms with Crippen molar-refractivity contribution in [3.05, 3.63) is 70.0 Å². The van der Waals surface area contributed by atoms with Gasteiger partial charge in [-0.2, -0.15) is 11.3 Å². The van der Waals surface area contributed by atoms with E-state index in [1.807, 2.05) is 41.1 Å². The molecule has 1 aromatic carbocycles. The Morgan fingerprint density at radius 2 is 2.04 bits per heavy atom. The standard InChI is InChI=1S/C18H12N2O2S2/c21-18(15-5-1-3-12-4-2-7-19-16(12)15)22-9-14-11-24-17(20-14)13-6-8-23-10-13/h1-8,10-11H,9H2. The number of thiazole rings is 1. The minimum Gasteiger partial charge on any atom is -0.455 e. The average Bonchev–Trinajstić information content (AvgIpc) is 3.30. The van der Waals surface area contributed by atoms with Crippen LogP contribution in [-0.2, 0) is 11.3 Å². The highest BCUT2D eigenvalue weighted by molar-refractivity contribution is 7.14. The van der Waals surface area contributed by atoms with Crippen LogP contribution in [0.4, 0.5) is 0 Å². The molecule has 0 radical (unpaired) electrons. The van der Waals surface area contributed by atoms with Gasteiger partial charge < -0.3 is 4.74 Å². The summed E-state index contributed by atoms with van der Waals surface area (Å²) in [5, 5.41) is 7.84. The molecule has 0 N–H and O–H groups in total. The van der Waals surface area contributed by atoms with E-state index in [2.05, 4.69) is 15.3 Å². The molecule has 3 aromatic heterocycles. The Labute approximate surface area is 146 Å². The number of nitrogens with zero attached hydrogens (tertiary/aromatic N) is 2. The fourth-order valence-electron chi connectivity index (χ4n) is 2.38. The van der Waals surface area contributed by atoms with Gasteiger partial charge in [0.15, 0.2) is 0 Å². The molecule has 4 aromatic rings. The van der Waals surface area contributed by atoms with Gasteiger partial charge in [-0.3, -0.25) is 4.98 Å². The summed E-state index contributed by atoms with van der Waals surface area (Å²) in [7, 11) is 0. The maximum atomic E-state index is 12.4. The molecule has 6 heteroatoms. The largest absolute Gasteiger partial charge is 0.455 e. The molecule has 118 valence electrons. The number of carbonyl (C=O) groups excluding carboxylic acids is 1. The molecule has 0 aliphatic rings. The molecular weight excluding hydrogens is 340 g/mol. The second-order valence-corrected chi connectivity index (χ2v) is 6.75. The second-order valence-electron chi connectivity index (χ2n) is 5.11. The molecule has 0 aliphatic heterocycles. The van der Waals surface area contributed by atoms with Crippen LogP contribution in [0.25, 0.3) is 21.5 Å². The zero-order valence-corrected chi connectivity index (χ0v) is 14.1. The monoisotopic (exact) mass is 352 g/mol. The zero-order valence-electron chi connectivity index (χ0n) is 12.5. The molecule has 0 bridgehead atoms. The summed E-state index contributed by atoms with van der Waals surface area (Å²) in [6.45, 7) is 0.155. The highest BCUT2D eigenvalue weighted by atomic mass is 32.1. The summed E-state index contributed by atoms with van der Waals surface area (Å²) in [6.07, 6.45) is 1.67. The van der Waals surface area contributed by atoms with Gasteiger partial charge in [-0.05, 0) is 23.6 Å². The number of hydrogen-bond acceptors (Lipinski definition) is 6. The van der Waals surface area contributed by atoms with Crippen molar-refractivity contribution in [1.82, 2.24) is 9.97 Å². The molecule has 0 spiro atoms. The molecule has 24 heavy (non-hydrogen) atoms. The lowest BCUT2D eigenvalue weighted by atomic mass is 10.1. The van der Waals surface area contributed by atoms with Crippen LogP contribution in [0.1, 0.15) is 16.1 Å². The summed E-state index contributed by atoms with van der Waals surface area (Å²) < 4.78 is 5.42. The van der Waals surface area contributed by atoms with Gasteiger partial charge in [0.2, 0.25) is 0 Å². The smallest absolute Gasteiger partial charge is 0.340 e. The first-order chi connectivity index (χ1) is 11.8. The van der Waals surface area contributed by atoms with Crippen LogP contribution in [0.3, 0.4) is 0 Å². The average molecular weight is 352 g/mol. The third kappa shape index (κ3) is 2.93. The molecular formula is C18H12N2O2S2. The highest BCUT2D eigenvalue weighted by Crippen LogP contribution is 2.26. The van der Waals surface area contributed by atoms with Crippen molar-refractivity contribution in [2.24, 2.45) is 0 Å². The number of carbonyl (C=O) groups is 1. The van der Waals surface area contributed by atoms with E-state index in [0.29, 0.717) is 11.1 Å². The minimum atomic E-state index is -0.385. The van der Waals surface area contributed by atoms with Crippen molar-refractivity contribution >= 4 is 39.5 Å².